The molecule has 0 saturated heterocycles. The van der Waals surface area contributed by atoms with Gasteiger partial charge in [-0.05, 0) is 20.3 Å². The van der Waals surface area contributed by atoms with E-state index in [1.165, 1.54) is 0 Å². The summed E-state index contributed by atoms with van der Waals surface area (Å²) in [4.78, 5) is 11.4. The first-order chi connectivity index (χ1) is 8.35. The van der Waals surface area contributed by atoms with Crippen molar-refractivity contribution in [3.05, 3.63) is 17.0 Å². The quantitative estimate of drug-likeness (QED) is 0.830. The van der Waals surface area contributed by atoms with Gasteiger partial charge in [-0.25, -0.2) is 8.78 Å². The Kier molecular flexibility index (Phi) is 6.93. The van der Waals surface area contributed by atoms with Crippen molar-refractivity contribution in [2.45, 2.75) is 32.6 Å². The number of hydrogen-bond donors (Lipinski definition) is 2. The van der Waals surface area contributed by atoms with E-state index < -0.39 is 24.9 Å². The minimum Gasteiger partial charge on any atom is -0.361 e. The van der Waals surface area contributed by atoms with E-state index in [1.807, 2.05) is 0 Å². The topological polar surface area (TPSA) is 81.2 Å². The molecule has 1 aromatic rings. The summed E-state index contributed by atoms with van der Waals surface area (Å²) in [6.07, 6.45) is 0.532. The molecule has 3 N–H and O–H groups in total. The first kappa shape index (κ1) is 17.8. The smallest absolute Gasteiger partial charge is 0.277 e. The van der Waals surface area contributed by atoms with Crippen molar-refractivity contribution in [3.63, 3.8) is 0 Å². The van der Waals surface area contributed by atoms with Crippen LogP contribution in [0.25, 0.3) is 0 Å². The second-order valence-corrected chi connectivity index (χ2v) is 4.14. The average molecular weight is 298 g/mol. The van der Waals surface area contributed by atoms with E-state index in [2.05, 4.69) is 10.5 Å². The Labute approximate surface area is 116 Å². The van der Waals surface area contributed by atoms with Gasteiger partial charge in [-0.2, -0.15) is 0 Å². The molecule has 1 amide bonds. The van der Waals surface area contributed by atoms with Crippen molar-refractivity contribution in [2.24, 2.45) is 5.73 Å². The van der Waals surface area contributed by atoms with Gasteiger partial charge in [0.15, 0.2) is 0 Å². The summed E-state index contributed by atoms with van der Waals surface area (Å²) in [5.74, 6) is -2.85. The van der Waals surface area contributed by atoms with Crippen molar-refractivity contribution >= 4 is 18.3 Å². The summed E-state index contributed by atoms with van der Waals surface area (Å²) in [6.45, 7) is 2.00. The third-order valence-electron chi connectivity index (χ3n) is 2.63. The van der Waals surface area contributed by atoms with Gasteiger partial charge in [0.05, 0.1) is 18.8 Å². The standard InChI is InChI=1S/C11H17F2N3O2.ClH/c1-7-9(8(2)18-16-7)3-4-10(17)15-6-11(12,13)5-14;/h3-6,14H2,1-2H3,(H,15,17);1H. The fourth-order valence-corrected chi connectivity index (χ4v) is 1.49. The van der Waals surface area contributed by atoms with Crippen LogP contribution in [0.3, 0.4) is 0 Å². The zero-order valence-electron chi connectivity index (χ0n) is 10.8. The molecule has 0 radical (unpaired) electrons. The van der Waals surface area contributed by atoms with Crippen LogP contribution in [0.1, 0.15) is 23.4 Å². The van der Waals surface area contributed by atoms with Crippen LogP contribution in [-0.4, -0.2) is 30.1 Å². The summed E-state index contributed by atoms with van der Waals surface area (Å²) in [7, 11) is 0. The van der Waals surface area contributed by atoms with Gasteiger partial charge in [0.1, 0.15) is 5.76 Å². The number of alkyl halides is 2. The summed E-state index contributed by atoms with van der Waals surface area (Å²) in [5.41, 5.74) is 6.42. The second kappa shape index (κ2) is 7.40. The lowest BCUT2D eigenvalue weighted by molar-refractivity contribution is -0.122. The van der Waals surface area contributed by atoms with E-state index in [4.69, 9.17) is 10.3 Å². The molecule has 1 aromatic heterocycles. The predicted octanol–water partition coefficient (Wildman–Crippen LogP) is 1.36. The van der Waals surface area contributed by atoms with Crippen molar-refractivity contribution in [3.8, 4) is 0 Å². The van der Waals surface area contributed by atoms with Gasteiger partial charge >= 0.3 is 0 Å². The number of rotatable bonds is 6. The fraction of sp³-hybridized carbons (Fsp3) is 0.636. The van der Waals surface area contributed by atoms with E-state index in [0.29, 0.717) is 17.9 Å². The highest BCUT2D eigenvalue weighted by atomic mass is 35.5. The SMILES string of the molecule is Cc1noc(C)c1CCC(=O)NCC(F)(F)CN.Cl. The predicted molar refractivity (Wildman–Crippen MR) is 68.6 cm³/mol. The first-order valence-electron chi connectivity index (χ1n) is 5.62. The number of carbonyl (C=O) groups excluding carboxylic acids is 1. The van der Waals surface area contributed by atoms with Crippen LogP contribution < -0.4 is 11.1 Å². The molecule has 0 aliphatic rings. The van der Waals surface area contributed by atoms with Crippen LogP contribution in [0.5, 0.6) is 0 Å². The fourth-order valence-electron chi connectivity index (χ4n) is 1.49. The molecule has 0 bridgehead atoms. The number of halogens is 3. The van der Waals surface area contributed by atoms with Gasteiger partial charge in [-0.15, -0.1) is 12.4 Å². The first-order valence-corrected chi connectivity index (χ1v) is 5.62. The largest absolute Gasteiger partial charge is 0.361 e. The molecule has 110 valence electrons. The molecule has 8 heteroatoms. The van der Waals surface area contributed by atoms with Crippen molar-refractivity contribution < 1.29 is 18.1 Å². The van der Waals surface area contributed by atoms with E-state index in [-0.39, 0.29) is 18.8 Å². The third-order valence-corrected chi connectivity index (χ3v) is 2.63. The molecule has 0 fully saturated rings. The van der Waals surface area contributed by atoms with Gasteiger partial charge in [0.2, 0.25) is 5.91 Å². The van der Waals surface area contributed by atoms with Gasteiger partial charge in [-0.1, -0.05) is 5.16 Å². The highest BCUT2D eigenvalue weighted by Crippen LogP contribution is 2.14. The van der Waals surface area contributed by atoms with Crippen LogP contribution in [-0.2, 0) is 11.2 Å². The lowest BCUT2D eigenvalue weighted by atomic mass is 10.1. The maximum atomic E-state index is 12.8. The number of nitrogens with two attached hydrogens (primary N) is 1. The second-order valence-electron chi connectivity index (χ2n) is 4.14. The molecule has 1 heterocycles. The molecule has 5 nitrogen and oxygen atoms in total. The van der Waals surface area contributed by atoms with Crippen LogP contribution in [0.15, 0.2) is 4.52 Å². The maximum Gasteiger partial charge on any atom is 0.277 e. The van der Waals surface area contributed by atoms with Crippen LogP contribution in [0.2, 0.25) is 0 Å². The number of nitrogens with zero attached hydrogens (tertiary/aromatic N) is 1. The Balaban J connectivity index is 0.00000324. The number of nitrogens with one attached hydrogen (secondary N) is 1. The summed E-state index contributed by atoms with van der Waals surface area (Å²) >= 11 is 0. The Morgan fingerprint density at radius 1 is 1.47 bits per heavy atom. The van der Waals surface area contributed by atoms with Crippen LogP contribution in [0, 0.1) is 13.8 Å². The van der Waals surface area contributed by atoms with Crippen molar-refractivity contribution in [2.75, 3.05) is 13.1 Å². The summed E-state index contributed by atoms with van der Waals surface area (Å²) in [6, 6.07) is 0. The molecule has 1 rings (SSSR count). The molecule has 19 heavy (non-hydrogen) atoms. The lowest BCUT2D eigenvalue weighted by Gasteiger charge is -2.14. The summed E-state index contributed by atoms with van der Waals surface area (Å²) < 4.78 is 30.5. The molecule has 0 aliphatic heterocycles. The molecule has 0 aromatic carbocycles. The highest BCUT2D eigenvalue weighted by Gasteiger charge is 2.27. The Hall–Kier alpha value is -1.21. The van der Waals surface area contributed by atoms with E-state index in [9.17, 15) is 13.6 Å². The number of amides is 1. The number of carbonyl (C=O) groups is 1. The molecule has 0 atom stereocenters. The molecule has 0 spiro atoms. The Morgan fingerprint density at radius 3 is 2.58 bits per heavy atom. The van der Waals surface area contributed by atoms with Crippen LogP contribution >= 0.6 is 12.4 Å². The van der Waals surface area contributed by atoms with E-state index in [1.54, 1.807) is 13.8 Å². The number of hydrogen-bond acceptors (Lipinski definition) is 4. The van der Waals surface area contributed by atoms with E-state index >= 15 is 0 Å². The normalized spacial score (nSPS) is 11.0. The third kappa shape index (κ3) is 5.52. The molecule has 0 saturated carbocycles. The molecule has 0 aliphatic carbocycles. The van der Waals surface area contributed by atoms with Gasteiger partial charge in [0, 0.05) is 12.0 Å². The summed E-state index contributed by atoms with van der Waals surface area (Å²) in [5, 5.41) is 5.90. The molecular formula is C11H18ClF2N3O2. The van der Waals surface area contributed by atoms with E-state index in [0.717, 1.165) is 5.56 Å². The molecule has 0 unspecified atom stereocenters. The Morgan fingerprint density at radius 2 is 2.11 bits per heavy atom. The minimum absolute atomic E-state index is 0. The highest BCUT2D eigenvalue weighted by molar-refractivity contribution is 5.85. The maximum absolute atomic E-state index is 12.8. The minimum atomic E-state index is -3.06. The monoisotopic (exact) mass is 297 g/mol. The van der Waals surface area contributed by atoms with Crippen LogP contribution in [0.4, 0.5) is 8.78 Å². The number of aryl methyl sites for hydroxylation is 2. The van der Waals surface area contributed by atoms with Crippen molar-refractivity contribution in [1.82, 2.24) is 10.5 Å². The Bertz CT molecular complexity index is 405. The van der Waals surface area contributed by atoms with Gasteiger partial charge in [-0.3, -0.25) is 4.79 Å². The molecular weight excluding hydrogens is 280 g/mol. The average Bonchev–Trinajstić information content (AvgIpc) is 2.64. The lowest BCUT2D eigenvalue weighted by Crippen LogP contribution is -2.41. The number of aromatic nitrogens is 1. The van der Waals surface area contributed by atoms with Gasteiger partial charge in [0.25, 0.3) is 5.92 Å². The zero-order chi connectivity index (χ0) is 13.8. The zero-order valence-corrected chi connectivity index (χ0v) is 11.7. The van der Waals surface area contributed by atoms with Gasteiger partial charge < -0.3 is 15.6 Å². The van der Waals surface area contributed by atoms with Crippen molar-refractivity contribution in [1.29, 1.82) is 0 Å².